The van der Waals surface area contributed by atoms with Crippen molar-refractivity contribution in [1.29, 1.82) is 0 Å². The van der Waals surface area contributed by atoms with Crippen molar-refractivity contribution in [2.45, 2.75) is 36.0 Å². The van der Waals surface area contributed by atoms with Gasteiger partial charge in [-0.05, 0) is 31.0 Å². The van der Waals surface area contributed by atoms with E-state index in [9.17, 15) is 9.59 Å². The van der Waals surface area contributed by atoms with Crippen LogP contribution in [0.15, 0.2) is 53.4 Å². The second-order valence-electron chi connectivity index (χ2n) is 7.12. The molecule has 2 aromatic carbocycles. The molecule has 5 nitrogen and oxygen atoms in total. The maximum atomic E-state index is 12.9. The highest BCUT2D eigenvalue weighted by molar-refractivity contribution is 8.00. The summed E-state index contributed by atoms with van der Waals surface area (Å²) in [6, 6.07) is 15.4. The predicted molar refractivity (Wildman–Crippen MR) is 112 cm³/mol. The minimum Gasteiger partial charge on any atom is -0.496 e. The standard InChI is InChI=1S/C22H26N2O3S/c1-27-18-10-4-3-9-17(18)22(12-6-7-13-22)15-24-21(26)16-8-2-5-11-19(16)28-14-20(23)25/h2-5,8-11H,6-7,12-15H2,1H3,(H2,23,25)(H,24,26). The minimum absolute atomic E-state index is 0.114. The number of rotatable bonds is 8. The van der Waals surface area contributed by atoms with E-state index < -0.39 is 5.91 Å². The molecule has 1 aliphatic carbocycles. The number of carbonyl (C=O) groups excluding carboxylic acids is 2. The average Bonchev–Trinajstić information content (AvgIpc) is 3.20. The van der Waals surface area contributed by atoms with Crippen LogP contribution in [-0.2, 0) is 10.2 Å². The molecule has 0 atom stereocenters. The monoisotopic (exact) mass is 398 g/mol. The minimum atomic E-state index is -0.402. The Balaban J connectivity index is 1.78. The molecule has 0 unspecified atom stereocenters. The van der Waals surface area contributed by atoms with E-state index in [1.165, 1.54) is 11.8 Å². The molecule has 0 spiro atoms. The van der Waals surface area contributed by atoms with Gasteiger partial charge in [-0.1, -0.05) is 43.2 Å². The first kappa shape index (κ1) is 20.3. The molecule has 1 aliphatic rings. The van der Waals surface area contributed by atoms with Gasteiger partial charge in [-0.25, -0.2) is 0 Å². The summed E-state index contributed by atoms with van der Waals surface area (Å²) in [4.78, 5) is 24.8. The zero-order chi connectivity index (χ0) is 20.0. The van der Waals surface area contributed by atoms with Gasteiger partial charge >= 0.3 is 0 Å². The van der Waals surface area contributed by atoms with E-state index in [-0.39, 0.29) is 17.1 Å². The Morgan fingerprint density at radius 1 is 1.11 bits per heavy atom. The Bertz CT molecular complexity index is 847. The zero-order valence-corrected chi connectivity index (χ0v) is 16.9. The first-order chi connectivity index (χ1) is 13.6. The van der Waals surface area contributed by atoms with Crippen molar-refractivity contribution in [2.24, 2.45) is 5.73 Å². The lowest BCUT2D eigenvalue weighted by atomic mass is 9.78. The molecule has 0 aliphatic heterocycles. The van der Waals surface area contributed by atoms with Crippen molar-refractivity contribution >= 4 is 23.6 Å². The van der Waals surface area contributed by atoms with Crippen molar-refractivity contribution in [3.63, 3.8) is 0 Å². The number of ether oxygens (including phenoxy) is 1. The Hall–Kier alpha value is -2.47. The summed E-state index contributed by atoms with van der Waals surface area (Å²) in [5.41, 5.74) is 6.86. The van der Waals surface area contributed by atoms with Crippen LogP contribution in [0.3, 0.4) is 0 Å². The molecular weight excluding hydrogens is 372 g/mol. The number of nitrogens with one attached hydrogen (secondary N) is 1. The SMILES string of the molecule is COc1ccccc1C1(CNC(=O)c2ccccc2SCC(N)=O)CCCC1. The number of hydrogen-bond donors (Lipinski definition) is 2. The van der Waals surface area contributed by atoms with Gasteiger partial charge in [-0.3, -0.25) is 9.59 Å². The topological polar surface area (TPSA) is 81.4 Å². The van der Waals surface area contributed by atoms with Gasteiger partial charge < -0.3 is 15.8 Å². The first-order valence-corrected chi connectivity index (χ1v) is 10.5. The number of thioether (sulfide) groups is 1. The third-order valence-electron chi connectivity index (χ3n) is 5.33. The number of benzene rings is 2. The smallest absolute Gasteiger partial charge is 0.252 e. The fourth-order valence-corrected chi connectivity index (χ4v) is 4.74. The van der Waals surface area contributed by atoms with Gasteiger partial charge in [0, 0.05) is 22.4 Å². The third-order valence-corrected chi connectivity index (χ3v) is 6.42. The molecule has 2 amide bonds. The molecule has 148 valence electrons. The second-order valence-corrected chi connectivity index (χ2v) is 8.14. The van der Waals surface area contributed by atoms with Crippen molar-refractivity contribution in [2.75, 3.05) is 19.4 Å². The van der Waals surface area contributed by atoms with Crippen molar-refractivity contribution in [1.82, 2.24) is 5.32 Å². The highest BCUT2D eigenvalue weighted by atomic mass is 32.2. The molecule has 0 aromatic heterocycles. The number of carbonyl (C=O) groups is 2. The summed E-state index contributed by atoms with van der Waals surface area (Å²) in [7, 11) is 1.69. The van der Waals surface area contributed by atoms with Gasteiger partial charge in [-0.2, -0.15) is 0 Å². The number of para-hydroxylation sites is 1. The van der Waals surface area contributed by atoms with Crippen molar-refractivity contribution in [3.8, 4) is 5.75 Å². The maximum absolute atomic E-state index is 12.9. The highest BCUT2D eigenvalue weighted by Gasteiger charge is 2.38. The van der Waals surface area contributed by atoms with Crippen LogP contribution in [0.2, 0.25) is 0 Å². The third kappa shape index (κ3) is 4.50. The van der Waals surface area contributed by atoms with Crippen molar-refractivity contribution < 1.29 is 14.3 Å². The second kappa shape index (κ2) is 9.15. The number of hydrogen-bond acceptors (Lipinski definition) is 4. The Kier molecular flexibility index (Phi) is 6.62. The number of methoxy groups -OCH3 is 1. The average molecular weight is 399 g/mol. The van der Waals surface area contributed by atoms with Gasteiger partial charge in [0.05, 0.1) is 18.4 Å². The zero-order valence-electron chi connectivity index (χ0n) is 16.1. The molecule has 0 radical (unpaired) electrons. The Morgan fingerprint density at radius 2 is 1.79 bits per heavy atom. The number of amides is 2. The Morgan fingerprint density at radius 3 is 2.50 bits per heavy atom. The van der Waals surface area contributed by atoms with E-state index in [1.54, 1.807) is 13.2 Å². The predicted octanol–water partition coefficient (Wildman–Crippen LogP) is 3.51. The van der Waals surface area contributed by atoms with E-state index in [0.29, 0.717) is 12.1 Å². The van der Waals surface area contributed by atoms with Gasteiger partial charge in [0.25, 0.3) is 5.91 Å². The molecule has 28 heavy (non-hydrogen) atoms. The van der Waals surface area contributed by atoms with Gasteiger partial charge in [0.15, 0.2) is 0 Å². The van der Waals surface area contributed by atoms with Crippen LogP contribution in [0.1, 0.15) is 41.6 Å². The van der Waals surface area contributed by atoms with Crippen molar-refractivity contribution in [3.05, 3.63) is 59.7 Å². The van der Waals surface area contributed by atoms with E-state index in [4.69, 9.17) is 10.5 Å². The lowest BCUT2D eigenvalue weighted by Crippen LogP contribution is -2.39. The Labute approximate surface area is 170 Å². The summed E-state index contributed by atoms with van der Waals surface area (Å²) in [6.07, 6.45) is 4.31. The van der Waals surface area contributed by atoms with E-state index >= 15 is 0 Å². The van der Waals surface area contributed by atoms with Crippen LogP contribution in [0.25, 0.3) is 0 Å². The van der Waals surface area contributed by atoms with Crippen LogP contribution in [0, 0.1) is 0 Å². The highest BCUT2D eigenvalue weighted by Crippen LogP contribution is 2.44. The van der Waals surface area contributed by atoms with E-state index in [2.05, 4.69) is 11.4 Å². The largest absolute Gasteiger partial charge is 0.496 e. The molecule has 6 heteroatoms. The maximum Gasteiger partial charge on any atom is 0.252 e. The molecule has 1 saturated carbocycles. The number of nitrogens with two attached hydrogens (primary N) is 1. The normalized spacial score (nSPS) is 15.2. The molecule has 1 fully saturated rings. The molecule has 0 bridgehead atoms. The summed E-state index contributed by atoms with van der Waals surface area (Å²) in [5.74, 6) is 0.487. The molecule has 2 aromatic rings. The van der Waals surface area contributed by atoms with E-state index in [0.717, 1.165) is 41.9 Å². The van der Waals surface area contributed by atoms with Crippen LogP contribution in [0.4, 0.5) is 0 Å². The fourth-order valence-electron chi connectivity index (χ4n) is 3.95. The van der Waals surface area contributed by atoms with Gasteiger partial charge in [0.2, 0.25) is 5.91 Å². The lowest BCUT2D eigenvalue weighted by molar-refractivity contribution is -0.115. The quantitative estimate of drug-likeness (QED) is 0.667. The summed E-state index contributed by atoms with van der Waals surface area (Å²) < 4.78 is 5.59. The van der Waals surface area contributed by atoms with Crippen LogP contribution in [0.5, 0.6) is 5.75 Å². The summed E-state index contributed by atoms with van der Waals surface area (Å²) >= 11 is 1.29. The lowest BCUT2D eigenvalue weighted by Gasteiger charge is -2.31. The molecule has 0 heterocycles. The molecule has 3 N–H and O–H groups in total. The number of primary amides is 1. The molecule has 0 saturated heterocycles. The van der Waals surface area contributed by atoms with Crippen LogP contribution < -0.4 is 15.8 Å². The fraction of sp³-hybridized carbons (Fsp3) is 0.364. The first-order valence-electron chi connectivity index (χ1n) is 9.47. The van der Waals surface area contributed by atoms with Gasteiger partial charge in [0.1, 0.15) is 5.75 Å². The molecule has 3 rings (SSSR count). The van der Waals surface area contributed by atoms with Crippen LogP contribution >= 0.6 is 11.8 Å². The van der Waals surface area contributed by atoms with Crippen LogP contribution in [-0.4, -0.2) is 31.2 Å². The van der Waals surface area contributed by atoms with E-state index in [1.807, 2.05) is 36.4 Å². The summed E-state index contributed by atoms with van der Waals surface area (Å²) in [5, 5.41) is 3.14. The summed E-state index contributed by atoms with van der Waals surface area (Å²) in [6.45, 7) is 0.557. The molecular formula is C22H26N2O3S. The van der Waals surface area contributed by atoms with Gasteiger partial charge in [-0.15, -0.1) is 11.8 Å².